The molecule has 1 N–H and O–H groups in total. The van der Waals surface area contributed by atoms with Crippen molar-refractivity contribution in [2.75, 3.05) is 13.6 Å². The molecule has 15 heavy (non-hydrogen) atoms. The summed E-state index contributed by atoms with van der Waals surface area (Å²) in [4.78, 5) is 20.8. The van der Waals surface area contributed by atoms with Crippen LogP contribution in [0.1, 0.15) is 15.2 Å². The highest BCUT2D eigenvalue weighted by Crippen LogP contribution is 2.28. The van der Waals surface area contributed by atoms with E-state index in [1.54, 1.807) is 7.05 Å². The highest BCUT2D eigenvalue weighted by Gasteiger charge is 2.17. The maximum atomic E-state index is 10.6. The molecule has 78 valence electrons. The Hall–Kier alpha value is -1.71. The van der Waals surface area contributed by atoms with Crippen molar-refractivity contribution in [2.45, 2.75) is 0 Å². The predicted molar refractivity (Wildman–Crippen MR) is 57.2 cm³/mol. The molecule has 0 radical (unpaired) electrons. The van der Waals surface area contributed by atoms with E-state index in [2.05, 4.69) is 17.2 Å². The van der Waals surface area contributed by atoms with E-state index < -0.39 is 4.92 Å². The Morgan fingerprint density at radius 2 is 2.47 bits per heavy atom. The molecular formula is C9H8N2O3S. The molecule has 0 aromatic carbocycles. The zero-order chi connectivity index (χ0) is 11.3. The largest absolute Gasteiger partial charge is 0.340 e. The lowest BCUT2D eigenvalue weighted by atomic mass is 10.3. The number of carbonyl (C=O) groups excluding carboxylic acids is 1. The number of rotatable bonds is 3. The second kappa shape index (κ2) is 5.24. The van der Waals surface area contributed by atoms with Crippen molar-refractivity contribution in [1.29, 1.82) is 0 Å². The summed E-state index contributed by atoms with van der Waals surface area (Å²) in [7, 11) is 1.73. The molecule has 0 aliphatic heterocycles. The summed E-state index contributed by atoms with van der Waals surface area (Å²) in [5.41, 5.74) is 0.294. The van der Waals surface area contributed by atoms with Crippen LogP contribution < -0.4 is 5.32 Å². The standard InChI is InChI=1S/C9H8N2O3S/c1-10-4-2-3-7-5-8(6-12)15-9(7)11(13)14/h5-6,10H,4H2,1H3. The fraction of sp³-hybridized carbons (Fsp3) is 0.222. The van der Waals surface area contributed by atoms with Gasteiger partial charge in [0.15, 0.2) is 6.29 Å². The monoisotopic (exact) mass is 224 g/mol. The number of hydrogen-bond acceptors (Lipinski definition) is 5. The molecule has 0 unspecified atom stereocenters. The van der Waals surface area contributed by atoms with Crippen LogP contribution in [0.5, 0.6) is 0 Å². The summed E-state index contributed by atoms with van der Waals surface area (Å²) in [6.07, 6.45) is 0.584. The van der Waals surface area contributed by atoms with Gasteiger partial charge in [-0.2, -0.15) is 0 Å². The first kappa shape index (κ1) is 11.4. The number of hydrogen-bond donors (Lipinski definition) is 1. The smallest absolute Gasteiger partial charge is 0.309 e. The number of nitro groups is 1. The highest BCUT2D eigenvalue weighted by atomic mass is 32.1. The van der Waals surface area contributed by atoms with E-state index in [0.29, 0.717) is 23.3 Å². The number of aldehydes is 1. The summed E-state index contributed by atoms with van der Waals surface area (Å²) in [6, 6.07) is 1.43. The van der Waals surface area contributed by atoms with Crippen LogP contribution in [0.2, 0.25) is 0 Å². The van der Waals surface area contributed by atoms with Crippen LogP contribution in [-0.2, 0) is 0 Å². The molecule has 0 aliphatic carbocycles. The van der Waals surface area contributed by atoms with Gasteiger partial charge in [-0.15, -0.1) is 0 Å². The minimum Gasteiger partial charge on any atom is -0.309 e. The molecule has 6 heteroatoms. The minimum atomic E-state index is -0.527. The number of thiophene rings is 1. The zero-order valence-corrected chi connectivity index (χ0v) is 8.76. The van der Waals surface area contributed by atoms with E-state index >= 15 is 0 Å². The van der Waals surface area contributed by atoms with Crippen LogP contribution in [0.3, 0.4) is 0 Å². The van der Waals surface area contributed by atoms with Crippen LogP contribution in [0.15, 0.2) is 6.07 Å². The number of carbonyl (C=O) groups is 1. The van der Waals surface area contributed by atoms with Gasteiger partial charge in [-0.3, -0.25) is 14.9 Å². The van der Waals surface area contributed by atoms with Gasteiger partial charge in [0.05, 0.1) is 16.3 Å². The van der Waals surface area contributed by atoms with Crippen LogP contribution in [0.25, 0.3) is 0 Å². The number of nitrogens with zero attached hydrogens (tertiary/aromatic N) is 1. The van der Waals surface area contributed by atoms with Gasteiger partial charge in [0.1, 0.15) is 5.56 Å². The first-order valence-corrected chi connectivity index (χ1v) is 4.87. The van der Waals surface area contributed by atoms with Gasteiger partial charge in [0.2, 0.25) is 0 Å². The molecule has 1 aromatic heterocycles. The van der Waals surface area contributed by atoms with Gasteiger partial charge in [0, 0.05) is 0 Å². The lowest BCUT2D eigenvalue weighted by Crippen LogP contribution is -2.04. The van der Waals surface area contributed by atoms with Crippen LogP contribution >= 0.6 is 11.3 Å². The normalized spacial score (nSPS) is 9.13. The zero-order valence-electron chi connectivity index (χ0n) is 7.94. The third-order valence-corrected chi connectivity index (χ3v) is 2.51. The average molecular weight is 224 g/mol. The molecule has 0 bridgehead atoms. The quantitative estimate of drug-likeness (QED) is 0.360. The third-order valence-electron chi connectivity index (χ3n) is 1.50. The first-order chi connectivity index (χ1) is 7.19. The SMILES string of the molecule is CNCC#Cc1cc(C=O)sc1[N+](=O)[O-]. The average Bonchev–Trinajstić information content (AvgIpc) is 2.62. The van der Waals surface area contributed by atoms with Crippen molar-refractivity contribution < 1.29 is 9.72 Å². The summed E-state index contributed by atoms with van der Waals surface area (Å²) in [6.45, 7) is 0.448. The Morgan fingerprint density at radius 3 is 3.00 bits per heavy atom. The van der Waals surface area contributed by atoms with E-state index in [1.807, 2.05) is 0 Å². The Labute approximate surface area is 90.3 Å². The van der Waals surface area contributed by atoms with E-state index in [9.17, 15) is 14.9 Å². The van der Waals surface area contributed by atoms with E-state index in [0.717, 1.165) is 11.3 Å². The summed E-state index contributed by atoms with van der Waals surface area (Å²) in [5, 5.41) is 13.3. The van der Waals surface area contributed by atoms with Crippen molar-refractivity contribution in [2.24, 2.45) is 0 Å². The fourth-order valence-corrected chi connectivity index (χ4v) is 1.65. The van der Waals surface area contributed by atoms with Gasteiger partial charge in [0.25, 0.3) is 0 Å². The maximum Gasteiger partial charge on any atom is 0.340 e. The van der Waals surface area contributed by atoms with Crippen molar-refractivity contribution in [3.8, 4) is 11.8 Å². The van der Waals surface area contributed by atoms with Gasteiger partial charge in [-0.25, -0.2) is 0 Å². The van der Waals surface area contributed by atoms with Gasteiger partial charge in [-0.1, -0.05) is 23.2 Å². The Morgan fingerprint density at radius 1 is 1.73 bits per heavy atom. The second-order valence-corrected chi connectivity index (χ2v) is 3.64. The number of nitrogens with one attached hydrogen (secondary N) is 1. The van der Waals surface area contributed by atoms with Gasteiger partial charge in [-0.05, 0) is 13.1 Å². The molecule has 0 aliphatic rings. The Bertz CT molecular complexity index is 442. The third kappa shape index (κ3) is 2.87. The van der Waals surface area contributed by atoms with Crippen molar-refractivity contribution in [1.82, 2.24) is 5.32 Å². The molecule has 0 saturated carbocycles. The van der Waals surface area contributed by atoms with Crippen LogP contribution in [0.4, 0.5) is 5.00 Å². The lowest BCUT2D eigenvalue weighted by Gasteiger charge is -1.85. The predicted octanol–water partition coefficient (Wildman–Crippen LogP) is 1.04. The Kier molecular flexibility index (Phi) is 3.97. The van der Waals surface area contributed by atoms with Crippen molar-refractivity contribution in [3.05, 3.63) is 26.6 Å². The van der Waals surface area contributed by atoms with Crippen LogP contribution in [0, 0.1) is 22.0 Å². The van der Waals surface area contributed by atoms with E-state index in [-0.39, 0.29) is 5.00 Å². The topological polar surface area (TPSA) is 72.2 Å². The molecule has 1 rings (SSSR count). The molecule has 0 fully saturated rings. The lowest BCUT2D eigenvalue weighted by molar-refractivity contribution is -0.380. The highest BCUT2D eigenvalue weighted by molar-refractivity contribution is 7.17. The van der Waals surface area contributed by atoms with E-state index in [4.69, 9.17) is 0 Å². The Balaban J connectivity index is 3.05. The maximum absolute atomic E-state index is 10.6. The second-order valence-electron chi connectivity index (χ2n) is 2.57. The van der Waals surface area contributed by atoms with Crippen molar-refractivity contribution in [3.63, 3.8) is 0 Å². The van der Waals surface area contributed by atoms with E-state index in [1.165, 1.54) is 6.07 Å². The minimum absolute atomic E-state index is 0.0827. The van der Waals surface area contributed by atoms with Crippen molar-refractivity contribution >= 4 is 22.6 Å². The molecule has 5 nitrogen and oxygen atoms in total. The first-order valence-electron chi connectivity index (χ1n) is 4.06. The molecule has 1 aromatic rings. The molecular weight excluding hydrogens is 216 g/mol. The molecule has 0 atom stereocenters. The summed E-state index contributed by atoms with van der Waals surface area (Å²) in [5.74, 6) is 5.36. The van der Waals surface area contributed by atoms with Gasteiger partial charge < -0.3 is 5.32 Å². The fourth-order valence-electron chi connectivity index (χ4n) is 0.911. The molecule has 1 heterocycles. The molecule has 0 amide bonds. The summed E-state index contributed by atoms with van der Waals surface area (Å²) >= 11 is 0.836. The van der Waals surface area contributed by atoms with Gasteiger partial charge >= 0.3 is 5.00 Å². The summed E-state index contributed by atoms with van der Waals surface area (Å²) < 4.78 is 0. The molecule has 0 saturated heterocycles. The molecule has 0 spiro atoms. The van der Waals surface area contributed by atoms with Crippen LogP contribution in [-0.4, -0.2) is 24.8 Å².